The van der Waals surface area contributed by atoms with Gasteiger partial charge in [-0.15, -0.1) is 0 Å². The molecule has 2 nitrogen and oxygen atoms in total. The maximum absolute atomic E-state index is 5.70. The minimum absolute atomic E-state index is 0.567. The zero-order valence-corrected chi connectivity index (χ0v) is 12.9. The molecule has 2 heteroatoms. The van der Waals surface area contributed by atoms with Gasteiger partial charge in [-0.2, -0.15) is 0 Å². The number of benzene rings is 1. The molecule has 2 aliphatic rings. The Hall–Kier alpha value is -1.02. The first-order valence-electron chi connectivity index (χ1n) is 8.23. The molecular weight excluding hydrogens is 244 g/mol. The first-order chi connectivity index (χ1) is 9.67. The molecule has 20 heavy (non-hydrogen) atoms. The summed E-state index contributed by atoms with van der Waals surface area (Å²) in [5, 5.41) is 0. The Bertz CT molecular complexity index is 437. The highest BCUT2D eigenvalue weighted by molar-refractivity contribution is 5.48. The van der Waals surface area contributed by atoms with Crippen molar-refractivity contribution in [2.24, 2.45) is 23.5 Å². The van der Waals surface area contributed by atoms with Crippen molar-refractivity contribution in [3.05, 3.63) is 29.8 Å². The molecule has 2 bridgehead atoms. The minimum atomic E-state index is 0.567. The normalized spacial score (nSPS) is 28.3. The van der Waals surface area contributed by atoms with Crippen LogP contribution in [0.1, 0.15) is 45.1 Å². The van der Waals surface area contributed by atoms with Crippen LogP contribution in [0.25, 0.3) is 0 Å². The van der Waals surface area contributed by atoms with Gasteiger partial charge in [0.25, 0.3) is 0 Å². The molecule has 2 N–H and O–H groups in total. The molecule has 2 aliphatic carbocycles. The Morgan fingerprint density at radius 3 is 2.40 bits per heavy atom. The van der Waals surface area contributed by atoms with E-state index in [0.29, 0.717) is 12.6 Å². The van der Waals surface area contributed by atoms with Crippen molar-refractivity contribution in [3.63, 3.8) is 0 Å². The molecule has 0 radical (unpaired) electrons. The fraction of sp³-hybridized carbons (Fsp3) is 0.667. The fourth-order valence-electron chi connectivity index (χ4n) is 4.29. The minimum Gasteiger partial charge on any atom is -0.369 e. The van der Waals surface area contributed by atoms with E-state index in [1.807, 2.05) is 0 Å². The highest BCUT2D eigenvalue weighted by Crippen LogP contribution is 2.48. The largest absolute Gasteiger partial charge is 0.369 e. The van der Waals surface area contributed by atoms with Crippen molar-refractivity contribution in [2.75, 3.05) is 11.4 Å². The van der Waals surface area contributed by atoms with Gasteiger partial charge >= 0.3 is 0 Å². The van der Waals surface area contributed by atoms with E-state index < -0.39 is 0 Å². The van der Waals surface area contributed by atoms with Crippen LogP contribution in [-0.4, -0.2) is 12.6 Å². The third-order valence-corrected chi connectivity index (χ3v) is 5.44. The lowest BCUT2D eigenvalue weighted by atomic mass is 9.88. The van der Waals surface area contributed by atoms with E-state index in [1.165, 1.54) is 43.5 Å². The number of nitrogens with two attached hydrogens (primary N) is 1. The molecule has 0 aromatic heterocycles. The van der Waals surface area contributed by atoms with Crippen LogP contribution >= 0.6 is 0 Å². The molecule has 2 saturated carbocycles. The number of nitrogens with zero attached hydrogens (tertiary/aromatic N) is 1. The molecular formula is C18H28N2. The predicted octanol–water partition coefficient (Wildman–Crippen LogP) is 3.80. The summed E-state index contributed by atoms with van der Waals surface area (Å²) >= 11 is 0. The van der Waals surface area contributed by atoms with Gasteiger partial charge in [-0.3, -0.25) is 0 Å². The first-order valence-corrected chi connectivity index (χ1v) is 8.23. The van der Waals surface area contributed by atoms with Crippen molar-refractivity contribution in [1.82, 2.24) is 0 Å². The molecule has 3 unspecified atom stereocenters. The number of fused-ring (bicyclic) bond motifs is 2. The van der Waals surface area contributed by atoms with Gasteiger partial charge in [-0.25, -0.2) is 0 Å². The molecule has 0 saturated heterocycles. The second-order valence-corrected chi connectivity index (χ2v) is 7.05. The van der Waals surface area contributed by atoms with Crippen LogP contribution < -0.4 is 10.6 Å². The van der Waals surface area contributed by atoms with Gasteiger partial charge < -0.3 is 10.6 Å². The van der Waals surface area contributed by atoms with Gasteiger partial charge in [0, 0.05) is 24.8 Å². The first kappa shape index (κ1) is 13.9. The van der Waals surface area contributed by atoms with Gasteiger partial charge in [0.15, 0.2) is 0 Å². The van der Waals surface area contributed by atoms with E-state index in [0.717, 1.165) is 17.8 Å². The smallest absolute Gasteiger partial charge is 0.0368 e. The van der Waals surface area contributed by atoms with Crippen LogP contribution in [0.3, 0.4) is 0 Å². The highest BCUT2D eigenvalue weighted by Gasteiger charge is 2.40. The average Bonchev–Trinajstić information content (AvgIpc) is 3.07. The Kier molecular flexibility index (Phi) is 4.02. The van der Waals surface area contributed by atoms with Gasteiger partial charge in [0.2, 0.25) is 0 Å². The van der Waals surface area contributed by atoms with Gasteiger partial charge in [0.1, 0.15) is 0 Å². The fourth-order valence-corrected chi connectivity index (χ4v) is 4.29. The van der Waals surface area contributed by atoms with Gasteiger partial charge in [0.05, 0.1) is 0 Å². The van der Waals surface area contributed by atoms with Crippen LogP contribution in [0, 0.1) is 17.8 Å². The van der Waals surface area contributed by atoms with E-state index in [9.17, 15) is 0 Å². The Morgan fingerprint density at radius 1 is 1.15 bits per heavy atom. The van der Waals surface area contributed by atoms with Crippen molar-refractivity contribution < 1.29 is 0 Å². The molecule has 3 rings (SSSR count). The molecule has 0 aliphatic heterocycles. The van der Waals surface area contributed by atoms with E-state index in [4.69, 9.17) is 5.73 Å². The van der Waals surface area contributed by atoms with Crippen molar-refractivity contribution in [3.8, 4) is 0 Å². The average molecular weight is 272 g/mol. The number of anilines is 1. The van der Waals surface area contributed by atoms with Crippen LogP contribution in [-0.2, 0) is 6.54 Å². The van der Waals surface area contributed by atoms with E-state index in [1.54, 1.807) is 0 Å². The number of hydrogen-bond donors (Lipinski definition) is 1. The van der Waals surface area contributed by atoms with E-state index >= 15 is 0 Å². The second kappa shape index (κ2) is 5.77. The highest BCUT2D eigenvalue weighted by atomic mass is 15.2. The quantitative estimate of drug-likeness (QED) is 0.883. The molecule has 1 aromatic carbocycles. The number of hydrogen-bond acceptors (Lipinski definition) is 2. The third kappa shape index (κ3) is 2.71. The molecule has 0 amide bonds. The molecule has 1 aromatic rings. The zero-order chi connectivity index (χ0) is 14.1. The predicted molar refractivity (Wildman–Crippen MR) is 85.8 cm³/mol. The summed E-state index contributed by atoms with van der Waals surface area (Å²) in [6, 6.07) is 9.40. The lowest BCUT2D eigenvalue weighted by Gasteiger charge is -2.34. The Balaban J connectivity index is 1.71. The van der Waals surface area contributed by atoms with Gasteiger partial charge in [-0.1, -0.05) is 18.6 Å². The molecule has 0 heterocycles. The van der Waals surface area contributed by atoms with E-state index in [-0.39, 0.29) is 0 Å². The Labute approximate surface area is 123 Å². The molecule has 2 fully saturated rings. The molecule has 0 spiro atoms. The SMILES string of the molecule is CC(C)N(CC1CC2CCC1C2)c1ccc(CN)cc1. The van der Waals surface area contributed by atoms with Crippen LogP contribution in [0.2, 0.25) is 0 Å². The van der Waals surface area contributed by atoms with Crippen molar-refractivity contribution >= 4 is 5.69 Å². The maximum atomic E-state index is 5.70. The van der Waals surface area contributed by atoms with E-state index in [2.05, 4.69) is 43.0 Å². The summed E-state index contributed by atoms with van der Waals surface area (Å²) in [7, 11) is 0. The maximum Gasteiger partial charge on any atom is 0.0368 e. The molecule has 3 atom stereocenters. The molecule has 110 valence electrons. The summed E-state index contributed by atoms with van der Waals surface area (Å²) in [6.45, 7) is 6.49. The summed E-state index contributed by atoms with van der Waals surface area (Å²) in [4.78, 5) is 2.59. The van der Waals surface area contributed by atoms with Crippen LogP contribution in [0.5, 0.6) is 0 Å². The standard InChI is InChI=1S/C18H28N2/c1-13(2)20(18-7-4-14(11-19)5-8-18)12-17-10-15-3-6-16(17)9-15/h4-5,7-8,13,15-17H,3,6,9-12,19H2,1-2H3. The topological polar surface area (TPSA) is 29.3 Å². The summed E-state index contributed by atoms with van der Waals surface area (Å²) < 4.78 is 0. The lowest BCUT2D eigenvalue weighted by Crippen LogP contribution is -2.37. The van der Waals surface area contributed by atoms with Gasteiger partial charge in [-0.05, 0) is 68.6 Å². The monoisotopic (exact) mass is 272 g/mol. The van der Waals surface area contributed by atoms with Crippen molar-refractivity contribution in [2.45, 2.75) is 52.1 Å². The summed E-state index contributed by atoms with van der Waals surface area (Å²) in [5.74, 6) is 2.97. The Morgan fingerprint density at radius 2 is 1.90 bits per heavy atom. The number of rotatable bonds is 5. The summed E-state index contributed by atoms with van der Waals surface area (Å²) in [5.41, 5.74) is 8.28. The van der Waals surface area contributed by atoms with Crippen molar-refractivity contribution in [1.29, 1.82) is 0 Å². The third-order valence-electron chi connectivity index (χ3n) is 5.44. The lowest BCUT2D eigenvalue weighted by molar-refractivity contribution is 0.329. The summed E-state index contributed by atoms with van der Waals surface area (Å²) in [6.07, 6.45) is 5.94. The van der Waals surface area contributed by atoms with Crippen LogP contribution in [0.15, 0.2) is 24.3 Å². The van der Waals surface area contributed by atoms with Crippen LogP contribution in [0.4, 0.5) is 5.69 Å². The second-order valence-electron chi connectivity index (χ2n) is 7.05. The zero-order valence-electron chi connectivity index (χ0n) is 12.9.